The highest BCUT2D eigenvalue weighted by molar-refractivity contribution is 5.98. The first-order valence-corrected chi connectivity index (χ1v) is 13.2. The molecule has 2 atom stereocenters. The molecule has 0 fully saturated rings. The summed E-state index contributed by atoms with van der Waals surface area (Å²) in [5, 5.41) is 2.55. The Bertz CT molecular complexity index is 1400. The number of carbonyl (C=O) groups excluding carboxylic acids is 3. The van der Waals surface area contributed by atoms with Gasteiger partial charge in [0.1, 0.15) is 35.1 Å². The number of esters is 2. The zero-order valence-electron chi connectivity index (χ0n) is 25.4. The fourth-order valence-corrected chi connectivity index (χ4v) is 4.51. The first-order chi connectivity index (χ1) is 20.6. The van der Waals surface area contributed by atoms with Gasteiger partial charge in [0, 0.05) is 30.3 Å². The summed E-state index contributed by atoms with van der Waals surface area (Å²) >= 11 is 0. The second kappa shape index (κ2) is 14.8. The first-order valence-electron chi connectivity index (χ1n) is 13.2. The lowest BCUT2D eigenvalue weighted by Crippen LogP contribution is -2.41. The summed E-state index contributed by atoms with van der Waals surface area (Å²) in [6, 6.07) is 10.9. The van der Waals surface area contributed by atoms with Crippen molar-refractivity contribution in [3.63, 3.8) is 0 Å². The molecule has 12 heteroatoms. The van der Waals surface area contributed by atoms with E-state index in [1.165, 1.54) is 47.4 Å². The van der Waals surface area contributed by atoms with Gasteiger partial charge in [0.2, 0.25) is 5.75 Å². The Morgan fingerprint density at radius 3 is 1.74 bits per heavy atom. The van der Waals surface area contributed by atoms with Crippen molar-refractivity contribution in [3.8, 4) is 34.5 Å². The predicted molar refractivity (Wildman–Crippen MR) is 156 cm³/mol. The van der Waals surface area contributed by atoms with Gasteiger partial charge in [-0.1, -0.05) is 0 Å². The number of hydrogen-bond acceptors (Lipinski definition) is 11. The Morgan fingerprint density at radius 2 is 1.28 bits per heavy atom. The minimum absolute atomic E-state index is 0.126. The maximum absolute atomic E-state index is 13.3. The summed E-state index contributed by atoms with van der Waals surface area (Å²) < 4.78 is 38.5. The lowest BCUT2D eigenvalue weighted by Gasteiger charge is -2.29. The molecule has 230 valence electrons. The summed E-state index contributed by atoms with van der Waals surface area (Å²) in [4.78, 5) is 42.1. The second-order valence-corrected chi connectivity index (χ2v) is 9.32. The zero-order chi connectivity index (χ0) is 31.7. The molecule has 0 bridgehead atoms. The molecule has 0 radical (unpaired) electrons. The van der Waals surface area contributed by atoms with E-state index >= 15 is 0 Å². The molecule has 0 aliphatic rings. The topological polar surface area (TPSA) is 141 Å². The highest BCUT2D eigenvalue weighted by Gasteiger charge is 2.33. The second-order valence-electron chi connectivity index (χ2n) is 9.32. The largest absolute Gasteiger partial charge is 0.497 e. The number of rotatable bonds is 13. The van der Waals surface area contributed by atoms with Gasteiger partial charge in [0.15, 0.2) is 11.4 Å². The highest BCUT2D eigenvalue weighted by atomic mass is 16.6. The van der Waals surface area contributed by atoms with E-state index in [0.29, 0.717) is 34.1 Å². The van der Waals surface area contributed by atoms with Crippen LogP contribution in [0.1, 0.15) is 48.3 Å². The summed E-state index contributed by atoms with van der Waals surface area (Å²) in [6.07, 6.45) is 0.514. The van der Waals surface area contributed by atoms with Crippen LogP contribution in [0.4, 0.5) is 0 Å². The maximum Gasteiger partial charge on any atom is 0.328 e. The van der Waals surface area contributed by atoms with Gasteiger partial charge in [-0.3, -0.25) is 9.59 Å². The smallest absolute Gasteiger partial charge is 0.328 e. The van der Waals surface area contributed by atoms with Crippen LogP contribution >= 0.6 is 0 Å². The number of amides is 1. The van der Waals surface area contributed by atoms with E-state index in [4.69, 9.17) is 33.2 Å². The number of methoxy groups -OCH3 is 5. The van der Waals surface area contributed by atoms with Crippen LogP contribution in [0.5, 0.6) is 34.5 Å². The number of aromatic nitrogens is 1. The highest BCUT2D eigenvalue weighted by Crippen LogP contribution is 2.42. The summed E-state index contributed by atoms with van der Waals surface area (Å²) in [5.41, 5.74) is 1.09. The van der Waals surface area contributed by atoms with Crippen LogP contribution in [-0.4, -0.2) is 70.5 Å². The molecule has 0 unspecified atom stereocenters. The van der Waals surface area contributed by atoms with Crippen LogP contribution in [0.15, 0.2) is 48.7 Å². The van der Waals surface area contributed by atoms with Crippen LogP contribution in [0.3, 0.4) is 0 Å². The van der Waals surface area contributed by atoms with E-state index in [-0.39, 0.29) is 17.2 Å². The molecule has 1 amide bonds. The molecule has 0 aliphatic heterocycles. The number of pyridine rings is 1. The normalized spacial score (nSPS) is 12.0. The van der Waals surface area contributed by atoms with Crippen molar-refractivity contribution in [2.45, 2.75) is 38.8 Å². The minimum Gasteiger partial charge on any atom is -0.497 e. The van der Waals surface area contributed by atoms with E-state index in [0.717, 1.165) is 0 Å². The van der Waals surface area contributed by atoms with Gasteiger partial charge in [-0.05, 0) is 50.2 Å². The van der Waals surface area contributed by atoms with Crippen molar-refractivity contribution in [2.75, 3.05) is 35.5 Å². The van der Waals surface area contributed by atoms with Gasteiger partial charge in [-0.25, -0.2) is 9.78 Å². The van der Waals surface area contributed by atoms with Crippen LogP contribution in [-0.2, 0) is 14.3 Å². The average Bonchev–Trinajstić information content (AvgIpc) is 3.00. The fraction of sp³-hybridized carbons (Fsp3) is 0.355. The molecular formula is C31H36N2O10. The molecule has 3 rings (SSSR count). The third-order valence-corrected chi connectivity index (χ3v) is 6.57. The van der Waals surface area contributed by atoms with Gasteiger partial charge >= 0.3 is 11.9 Å². The van der Waals surface area contributed by atoms with Crippen LogP contribution in [0, 0.1) is 0 Å². The summed E-state index contributed by atoms with van der Waals surface area (Å²) in [6.45, 7) is 4.36. The van der Waals surface area contributed by atoms with Crippen LogP contribution in [0.2, 0.25) is 0 Å². The molecular weight excluding hydrogens is 560 g/mol. The Kier molecular flexibility index (Phi) is 11.2. The lowest BCUT2D eigenvalue weighted by atomic mass is 9.85. The van der Waals surface area contributed by atoms with Crippen LogP contribution < -0.4 is 33.7 Å². The lowest BCUT2D eigenvalue weighted by molar-refractivity contribution is -0.150. The molecule has 0 saturated carbocycles. The summed E-state index contributed by atoms with van der Waals surface area (Å²) in [5.74, 6) is -0.636. The van der Waals surface area contributed by atoms with E-state index in [1.54, 1.807) is 57.5 Å². The van der Waals surface area contributed by atoms with Crippen molar-refractivity contribution >= 4 is 17.8 Å². The van der Waals surface area contributed by atoms with E-state index in [2.05, 4.69) is 10.3 Å². The molecule has 0 aliphatic carbocycles. The SMILES string of the molecule is COc1ccc(OC)c(C(c2cc(OC)ccc2OC)[C@H](C)OC(=O)[C@H](C)NC(=O)c2nccc(OC)c2OC(C)=O)c1. The molecule has 1 aromatic heterocycles. The molecule has 12 nitrogen and oxygen atoms in total. The van der Waals surface area contributed by atoms with Crippen molar-refractivity contribution in [1.29, 1.82) is 0 Å². The standard InChI is InChI=1S/C31H36N2O10/c1-17(33-30(35)28-29(43-19(3)34)26(41-8)13-14-32-28)31(36)42-18(2)27(22-15-20(37-4)9-11-24(22)39-6)23-16-21(38-5)10-12-25(23)40-7/h9-18,27H,1-8H3,(H,33,35)/t17-,18-/m0/s1. The Labute approximate surface area is 250 Å². The summed E-state index contributed by atoms with van der Waals surface area (Å²) in [7, 11) is 7.53. The number of nitrogens with one attached hydrogen (secondary N) is 1. The number of benzene rings is 2. The van der Waals surface area contributed by atoms with Crippen molar-refractivity contribution in [3.05, 3.63) is 65.5 Å². The predicted octanol–water partition coefficient (Wildman–Crippen LogP) is 3.93. The van der Waals surface area contributed by atoms with Crippen molar-refractivity contribution in [1.82, 2.24) is 10.3 Å². The molecule has 1 N–H and O–H groups in total. The molecule has 2 aromatic carbocycles. The number of nitrogens with zero attached hydrogens (tertiary/aromatic N) is 1. The van der Waals surface area contributed by atoms with Gasteiger partial charge in [-0.15, -0.1) is 0 Å². The molecule has 3 aromatic rings. The molecule has 0 spiro atoms. The molecule has 1 heterocycles. The van der Waals surface area contributed by atoms with E-state index in [9.17, 15) is 14.4 Å². The van der Waals surface area contributed by atoms with Gasteiger partial charge < -0.3 is 38.5 Å². The van der Waals surface area contributed by atoms with E-state index < -0.39 is 35.9 Å². The fourth-order valence-electron chi connectivity index (χ4n) is 4.51. The Hall–Kier alpha value is -5.00. The number of hydrogen-bond donors (Lipinski definition) is 1. The Morgan fingerprint density at radius 1 is 0.744 bits per heavy atom. The third-order valence-electron chi connectivity index (χ3n) is 6.57. The monoisotopic (exact) mass is 596 g/mol. The van der Waals surface area contributed by atoms with Gasteiger partial charge in [0.25, 0.3) is 5.91 Å². The number of carbonyl (C=O) groups is 3. The van der Waals surface area contributed by atoms with Crippen molar-refractivity contribution < 1.29 is 47.5 Å². The molecule has 43 heavy (non-hydrogen) atoms. The molecule has 0 saturated heterocycles. The van der Waals surface area contributed by atoms with E-state index in [1.807, 2.05) is 0 Å². The van der Waals surface area contributed by atoms with Gasteiger partial charge in [-0.2, -0.15) is 0 Å². The Balaban J connectivity index is 1.96. The minimum atomic E-state index is -1.12. The van der Waals surface area contributed by atoms with Crippen molar-refractivity contribution in [2.24, 2.45) is 0 Å². The zero-order valence-corrected chi connectivity index (χ0v) is 25.4. The average molecular weight is 597 g/mol. The van der Waals surface area contributed by atoms with Gasteiger partial charge in [0.05, 0.1) is 41.5 Å². The van der Waals surface area contributed by atoms with Crippen LogP contribution in [0.25, 0.3) is 0 Å². The third kappa shape index (κ3) is 7.64. The maximum atomic E-state index is 13.3. The number of ether oxygens (including phenoxy) is 7. The first kappa shape index (κ1) is 32.5. The quantitative estimate of drug-likeness (QED) is 0.287.